The van der Waals surface area contributed by atoms with E-state index in [0.717, 1.165) is 44.9 Å². The van der Waals surface area contributed by atoms with E-state index in [2.05, 4.69) is 35.9 Å². The molecule has 4 heteroatoms. The zero-order valence-electron chi connectivity index (χ0n) is 15.6. The summed E-state index contributed by atoms with van der Waals surface area (Å²) in [5, 5.41) is 21.5. The molecule has 4 aliphatic rings. The minimum Gasteiger partial charge on any atom is -0.393 e. The molecule has 0 bridgehead atoms. The Hall–Kier alpha value is -0.190. The van der Waals surface area contributed by atoms with Gasteiger partial charge in [0.1, 0.15) is 5.60 Å². The molecule has 8 atom stereocenters. The Labute approximate surface area is 159 Å². The van der Waals surface area contributed by atoms with Crippen molar-refractivity contribution in [2.24, 2.45) is 28.6 Å². The molecule has 140 valence electrons. The number of rotatable bonds is 1. The predicted octanol–water partition coefficient (Wildman–Crippen LogP) is 4.00. The lowest BCUT2D eigenvalue weighted by atomic mass is 9.47. The molecule has 3 nitrogen and oxygen atoms in total. The number of fused-ring (bicyclic) bond motifs is 5. The van der Waals surface area contributed by atoms with Crippen molar-refractivity contribution in [1.29, 1.82) is 0 Å². The van der Waals surface area contributed by atoms with Crippen LogP contribution in [0.1, 0.15) is 65.7 Å². The molecule has 0 unspecified atom stereocenters. The Balaban J connectivity index is 1.72. The third kappa shape index (κ3) is 2.20. The highest BCUT2D eigenvalue weighted by Crippen LogP contribution is 2.68. The fraction of sp³-hybridized carbons (Fsp3) is 0.857. The fourth-order valence-corrected chi connectivity index (χ4v) is 8.49. The first-order valence-corrected chi connectivity index (χ1v) is 10.8. The SMILES string of the molecule is CC(=O)[C@@]1(O)[C@H](Br)C[C@H]2[C@@H]3CC=C4C[C@@H](O)CC[C@]4(C)[C@H]3CC[C@@]21C. The van der Waals surface area contributed by atoms with Gasteiger partial charge in [-0.25, -0.2) is 0 Å². The normalized spacial score (nSPS) is 55.0. The maximum Gasteiger partial charge on any atom is 0.163 e. The van der Waals surface area contributed by atoms with Gasteiger partial charge in [0.15, 0.2) is 5.78 Å². The third-order valence-electron chi connectivity index (χ3n) is 8.79. The number of ketones is 1. The monoisotopic (exact) mass is 410 g/mol. The highest BCUT2D eigenvalue weighted by atomic mass is 79.9. The van der Waals surface area contributed by atoms with E-state index in [4.69, 9.17) is 0 Å². The van der Waals surface area contributed by atoms with Gasteiger partial charge in [-0.2, -0.15) is 0 Å². The Morgan fingerprint density at radius 2 is 1.96 bits per heavy atom. The molecule has 0 spiro atoms. The Kier molecular flexibility index (Phi) is 4.11. The summed E-state index contributed by atoms with van der Waals surface area (Å²) >= 11 is 3.67. The molecule has 0 aromatic carbocycles. The van der Waals surface area contributed by atoms with Crippen LogP contribution < -0.4 is 0 Å². The Morgan fingerprint density at radius 1 is 1.24 bits per heavy atom. The van der Waals surface area contributed by atoms with E-state index < -0.39 is 5.60 Å². The zero-order chi connectivity index (χ0) is 18.2. The second kappa shape index (κ2) is 5.65. The van der Waals surface area contributed by atoms with Gasteiger partial charge in [-0.15, -0.1) is 0 Å². The molecule has 0 radical (unpaired) electrons. The quantitative estimate of drug-likeness (QED) is 0.507. The van der Waals surface area contributed by atoms with Gasteiger partial charge in [0.25, 0.3) is 0 Å². The lowest BCUT2D eigenvalue weighted by molar-refractivity contribution is -0.158. The number of hydrogen-bond donors (Lipinski definition) is 2. The van der Waals surface area contributed by atoms with Crippen molar-refractivity contribution >= 4 is 21.7 Å². The third-order valence-corrected chi connectivity index (χ3v) is 9.83. The largest absolute Gasteiger partial charge is 0.393 e. The van der Waals surface area contributed by atoms with Gasteiger partial charge in [-0.1, -0.05) is 41.4 Å². The van der Waals surface area contributed by atoms with Crippen LogP contribution in [0.25, 0.3) is 0 Å². The highest BCUT2D eigenvalue weighted by molar-refractivity contribution is 9.09. The summed E-state index contributed by atoms with van der Waals surface area (Å²) in [7, 11) is 0. The molecule has 0 aliphatic heterocycles. The van der Waals surface area contributed by atoms with Crippen molar-refractivity contribution < 1.29 is 15.0 Å². The van der Waals surface area contributed by atoms with Crippen LogP contribution in [-0.4, -0.2) is 32.5 Å². The van der Waals surface area contributed by atoms with Crippen LogP contribution in [0.15, 0.2) is 11.6 Å². The average Bonchev–Trinajstić information content (AvgIpc) is 2.77. The molecule has 25 heavy (non-hydrogen) atoms. The number of halogens is 1. The fourth-order valence-electron chi connectivity index (χ4n) is 7.24. The first kappa shape index (κ1) is 18.2. The van der Waals surface area contributed by atoms with Crippen molar-refractivity contribution in [3.05, 3.63) is 11.6 Å². The maximum absolute atomic E-state index is 12.4. The average molecular weight is 411 g/mol. The molecule has 3 fully saturated rings. The summed E-state index contributed by atoms with van der Waals surface area (Å²) in [6.07, 6.45) is 8.94. The molecule has 0 amide bonds. The smallest absolute Gasteiger partial charge is 0.163 e. The molecular formula is C21H31BrO3. The van der Waals surface area contributed by atoms with Crippen LogP contribution in [0.3, 0.4) is 0 Å². The van der Waals surface area contributed by atoms with Crippen molar-refractivity contribution in [2.45, 2.75) is 82.2 Å². The maximum atomic E-state index is 12.4. The second-order valence-corrected chi connectivity index (χ2v) is 10.7. The topological polar surface area (TPSA) is 57.5 Å². The lowest BCUT2D eigenvalue weighted by Crippen LogP contribution is -2.58. The zero-order valence-corrected chi connectivity index (χ0v) is 17.2. The molecule has 0 saturated heterocycles. The molecule has 2 N–H and O–H groups in total. The molecule has 4 aliphatic carbocycles. The molecule has 0 aromatic rings. The summed E-state index contributed by atoms with van der Waals surface area (Å²) in [5.41, 5.74) is 0.0917. The van der Waals surface area contributed by atoms with Gasteiger partial charge >= 0.3 is 0 Å². The number of carbonyl (C=O) groups excluding carboxylic acids is 1. The summed E-state index contributed by atoms with van der Waals surface area (Å²) < 4.78 is 0. The predicted molar refractivity (Wildman–Crippen MR) is 101 cm³/mol. The minimum atomic E-state index is -1.24. The number of allylic oxidation sites excluding steroid dienone is 1. The first-order valence-electron chi connectivity index (χ1n) is 9.89. The van der Waals surface area contributed by atoms with Crippen LogP contribution in [-0.2, 0) is 4.79 Å². The minimum absolute atomic E-state index is 0.0862. The van der Waals surface area contributed by atoms with E-state index in [0.29, 0.717) is 17.8 Å². The van der Waals surface area contributed by atoms with Gasteiger partial charge < -0.3 is 10.2 Å². The van der Waals surface area contributed by atoms with E-state index in [-0.39, 0.29) is 27.5 Å². The van der Waals surface area contributed by atoms with Crippen molar-refractivity contribution in [2.75, 3.05) is 0 Å². The summed E-state index contributed by atoms with van der Waals surface area (Å²) in [6.45, 7) is 6.11. The number of Topliss-reactive ketones (excluding diaryl/α,β-unsaturated/α-hetero) is 1. The molecular weight excluding hydrogens is 380 g/mol. The molecule has 3 saturated carbocycles. The first-order chi connectivity index (χ1) is 11.6. The van der Waals surface area contributed by atoms with Crippen LogP contribution in [0.5, 0.6) is 0 Å². The summed E-state index contributed by atoms with van der Waals surface area (Å²) in [4.78, 5) is 12.3. The lowest BCUT2D eigenvalue weighted by Gasteiger charge is -2.58. The number of alkyl halides is 1. The van der Waals surface area contributed by atoms with Gasteiger partial charge in [-0.3, -0.25) is 4.79 Å². The van der Waals surface area contributed by atoms with E-state index in [9.17, 15) is 15.0 Å². The Bertz CT molecular complexity index is 631. The van der Waals surface area contributed by atoms with Crippen molar-refractivity contribution in [3.63, 3.8) is 0 Å². The molecule has 0 heterocycles. The van der Waals surface area contributed by atoms with E-state index >= 15 is 0 Å². The van der Waals surface area contributed by atoms with Crippen LogP contribution >= 0.6 is 15.9 Å². The van der Waals surface area contributed by atoms with Gasteiger partial charge in [-0.05, 0) is 75.0 Å². The Morgan fingerprint density at radius 3 is 2.64 bits per heavy atom. The molecule has 0 aromatic heterocycles. The summed E-state index contributed by atoms with van der Waals surface area (Å²) in [5.74, 6) is 1.45. The van der Waals surface area contributed by atoms with E-state index in [1.807, 2.05) is 0 Å². The number of hydrogen-bond acceptors (Lipinski definition) is 3. The standard InChI is InChI=1S/C21H31BrO3/c1-12(23)21(25)18(22)11-17-15-5-4-13-10-14(24)6-8-19(13,2)16(15)7-9-20(17,21)3/h4,14-18,24-25H,5-11H2,1-3H3/t14-,15+,16-,17-,18+,19-,20-,21+/m0/s1. The van der Waals surface area contributed by atoms with Crippen LogP contribution in [0, 0.1) is 28.6 Å². The van der Waals surface area contributed by atoms with Gasteiger partial charge in [0, 0.05) is 5.41 Å². The van der Waals surface area contributed by atoms with Crippen molar-refractivity contribution in [1.82, 2.24) is 0 Å². The highest BCUT2D eigenvalue weighted by Gasteiger charge is 2.68. The van der Waals surface area contributed by atoms with Gasteiger partial charge in [0.2, 0.25) is 0 Å². The van der Waals surface area contributed by atoms with Gasteiger partial charge in [0.05, 0.1) is 10.9 Å². The molecule has 4 rings (SSSR count). The van der Waals surface area contributed by atoms with Crippen LogP contribution in [0.2, 0.25) is 0 Å². The summed E-state index contributed by atoms with van der Waals surface area (Å²) in [6, 6.07) is 0. The number of aliphatic hydroxyl groups excluding tert-OH is 1. The number of carbonyl (C=O) groups is 1. The van der Waals surface area contributed by atoms with E-state index in [1.54, 1.807) is 6.92 Å². The number of aliphatic hydroxyl groups is 2. The van der Waals surface area contributed by atoms with Crippen molar-refractivity contribution in [3.8, 4) is 0 Å². The van der Waals surface area contributed by atoms with Crippen LogP contribution in [0.4, 0.5) is 0 Å². The van der Waals surface area contributed by atoms with E-state index in [1.165, 1.54) is 5.57 Å². The second-order valence-electron chi connectivity index (χ2n) is 9.64.